The van der Waals surface area contributed by atoms with E-state index in [0.717, 1.165) is 0 Å². The van der Waals surface area contributed by atoms with E-state index in [2.05, 4.69) is 9.97 Å². The van der Waals surface area contributed by atoms with E-state index in [0.29, 0.717) is 0 Å². The molecule has 0 saturated heterocycles. The fraction of sp³-hybridized carbons (Fsp3) is 0. The van der Waals surface area contributed by atoms with Gasteiger partial charge in [-0.3, -0.25) is 19.0 Å². The first-order valence-corrected chi connectivity index (χ1v) is 3.34. The van der Waals surface area contributed by atoms with Gasteiger partial charge in [0.1, 0.15) is 0 Å². The highest BCUT2D eigenvalue weighted by Crippen LogP contribution is 1.83. The molecule has 0 saturated carbocycles. The molecule has 0 aliphatic rings. The van der Waals surface area contributed by atoms with Gasteiger partial charge in [0.2, 0.25) is 5.78 Å². The van der Waals surface area contributed by atoms with Crippen molar-refractivity contribution in [3.63, 3.8) is 0 Å². The Balaban J connectivity index is 3.06. The molecule has 1 N–H and O–H groups in total. The van der Waals surface area contributed by atoms with Gasteiger partial charge < -0.3 is 0 Å². The van der Waals surface area contributed by atoms with Crippen LogP contribution in [0, 0.1) is 0 Å². The smallest absolute Gasteiger partial charge is 0.258 e. The molecule has 12 heavy (non-hydrogen) atoms. The van der Waals surface area contributed by atoms with E-state index in [1.807, 2.05) is 0 Å². The molecule has 2 heterocycles. The maximum Gasteiger partial charge on any atom is 0.258 e. The molecular formula is C7H5N3O2. The Morgan fingerprint density at radius 2 is 2.17 bits per heavy atom. The Morgan fingerprint density at radius 3 is 3.00 bits per heavy atom. The van der Waals surface area contributed by atoms with Crippen LogP contribution in [-0.2, 0) is 0 Å². The molecule has 0 unspecified atom stereocenters. The zero-order chi connectivity index (χ0) is 8.55. The van der Waals surface area contributed by atoms with Crippen LogP contribution in [0.5, 0.6) is 0 Å². The van der Waals surface area contributed by atoms with Crippen LogP contribution < -0.4 is 11.1 Å². The molecular weight excluding hydrogens is 158 g/mol. The zero-order valence-corrected chi connectivity index (χ0v) is 6.02. The summed E-state index contributed by atoms with van der Waals surface area (Å²) in [5, 5.41) is 0. The third-order valence-corrected chi connectivity index (χ3v) is 1.49. The van der Waals surface area contributed by atoms with Gasteiger partial charge in [0, 0.05) is 24.5 Å². The summed E-state index contributed by atoms with van der Waals surface area (Å²) in [6.45, 7) is 0. The minimum absolute atomic E-state index is 0.212. The molecule has 5 heteroatoms. The second kappa shape index (κ2) is 2.30. The van der Waals surface area contributed by atoms with Crippen LogP contribution >= 0.6 is 0 Å². The van der Waals surface area contributed by atoms with E-state index < -0.39 is 0 Å². The van der Waals surface area contributed by atoms with Crippen LogP contribution in [0.2, 0.25) is 0 Å². The molecule has 0 amide bonds. The van der Waals surface area contributed by atoms with Crippen LogP contribution in [0.1, 0.15) is 0 Å². The predicted octanol–water partition coefficient (Wildman–Crippen LogP) is -0.617. The van der Waals surface area contributed by atoms with Crippen molar-refractivity contribution in [2.75, 3.05) is 0 Å². The maximum absolute atomic E-state index is 11.1. The molecule has 0 aliphatic heterocycles. The van der Waals surface area contributed by atoms with Crippen molar-refractivity contribution in [3.05, 3.63) is 45.2 Å². The Kier molecular flexibility index (Phi) is 1.30. The van der Waals surface area contributed by atoms with Gasteiger partial charge >= 0.3 is 0 Å². The lowest BCUT2D eigenvalue weighted by Gasteiger charge is -1.94. The van der Waals surface area contributed by atoms with Crippen molar-refractivity contribution < 1.29 is 0 Å². The Hall–Kier alpha value is -1.91. The first-order chi connectivity index (χ1) is 5.77. The normalized spacial score (nSPS) is 10.3. The number of nitrogens with one attached hydrogen (secondary N) is 1. The lowest BCUT2D eigenvalue weighted by molar-refractivity contribution is 0.980. The van der Waals surface area contributed by atoms with Crippen molar-refractivity contribution in [3.8, 4) is 0 Å². The molecule has 0 bridgehead atoms. The van der Waals surface area contributed by atoms with Crippen molar-refractivity contribution in [2.45, 2.75) is 0 Å². The minimum Gasteiger partial charge on any atom is -0.292 e. The van der Waals surface area contributed by atoms with Gasteiger partial charge in [0.25, 0.3) is 11.1 Å². The molecule has 2 rings (SSSR count). The second-order valence-corrected chi connectivity index (χ2v) is 2.28. The van der Waals surface area contributed by atoms with Gasteiger partial charge in [-0.2, -0.15) is 0 Å². The Labute approximate surface area is 66.3 Å². The zero-order valence-electron chi connectivity index (χ0n) is 6.02. The molecule has 0 atom stereocenters. The van der Waals surface area contributed by atoms with Crippen molar-refractivity contribution in [1.82, 2.24) is 14.4 Å². The highest BCUT2D eigenvalue weighted by molar-refractivity contribution is 5.24. The van der Waals surface area contributed by atoms with Gasteiger partial charge in [-0.1, -0.05) is 0 Å². The first kappa shape index (κ1) is 6.78. The van der Waals surface area contributed by atoms with Gasteiger partial charge in [0.05, 0.1) is 0 Å². The van der Waals surface area contributed by atoms with Crippen LogP contribution in [-0.4, -0.2) is 14.4 Å². The lowest BCUT2D eigenvalue weighted by atomic mass is 10.6. The van der Waals surface area contributed by atoms with E-state index in [1.165, 1.54) is 28.9 Å². The van der Waals surface area contributed by atoms with E-state index >= 15 is 0 Å². The van der Waals surface area contributed by atoms with Gasteiger partial charge in [-0.15, -0.1) is 0 Å². The van der Waals surface area contributed by atoms with E-state index in [9.17, 15) is 9.59 Å². The van der Waals surface area contributed by atoms with Crippen LogP contribution in [0.3, 0.4) is 0 Å². The SMILES string of the molecule is O=c1ccn2c(=O)ccnc2[nH]1. The Morgan fingerprint density at radius 1 is 1.33 bits per heavy atom. The summed E-state index contributed by atoms with van der Waals surface area (Å²) in [5.74, 6) is 0.259. The molecule has 2 aromatic heterocycles. The summed E-state index contributed by atoms with van der Waals surface area (Å²) in [5.41, 5.74) is -0.482. The number of nitrogens with zero attached hydrogens (tertiary/aromatic N) is 2. The monoisotopic (exact) mass is 163 g/mol. The van der Waals surface area contributed by atoms with E-state index in [1.54, 1.807) is 0 Å². The highest BCUT2D eigenvalue weighted by atomic mass is 16.1. The average Bonchev–Trinajstić information content (AvgIpc) is 2.04. The molecule has 0 aliphatic carbocycles. The molecule has 0 fully saturated rings. The largest absolute Gasteiger partial charge is 0.292 e. The number of aromatic amines is 1. The Bertz CT molecular complexity index is 526. The summed E-state index contributed by atoms with van der Waals surface area (Å²) < 4.78 is 1.27. The number of hydrogen-bond donors (Lipinski definition) is 1. The van der Waals surface area contributed by atoms with E-state index in [4.69, 9.17) is 0 Å². The molecule has 0 spiro atoms. The summed E-state index contributed by atoms with van der Waals surface area (Å²) in [4.78, 5) is 28.1. The topological polar surface area (TPSA) is 67.2 Å². The molecule has 0 aromatic carbocycles. The van der Waals surface area contributed by atoms with Crippen LogP contribution in [0.15, 0.2) is 34.1 Å². The fourth-order valence-corrected chi connectivity index (χ4v) is 0.949. The molecule has 2 aromatic rings. The second-order valence-electron chi connectivity index (χ2n) is 2.28. The van der Waals surface area contributed by atoms with Crippen LogP contribution in [0.4, 0.5) is 0 Å². The molecule has 5 nitrogen and oxygen atoms in total. The fourth-order valence-electron chi connectivity index (χ4n) is 0.949. The lowest BCUT2D eigenvalue weighted by Crippen LogP contribution is -2.17. The van der Waals surface area contributed by atoms with Gasteiger partial charge in [-0.05, 0) is 0 Å². The highest BCUT2D eigenvalue weighted by Gasteiger charge is 1.94. The minimum atomic E-state index is -0.270. The number of hydrogen-bond acceptors (Lipinski definition) is 3. The summed E-state index contributed by atoms with van der Waals surface area (Å²) in [7, 11) is 0. The summed E-state index contributed by atoms with van der Waals surface area (Å²) in [6.07, 6.45) is 2.75. The van der Waals surface area contributed by atoms with Crippen molar-refractivity contribution in [1.29, 1.82) is 0 Å². The quantitative estimate of drug-likeness (QED) is 0.563. The van der Waals surface area contributed by atoms with Gasteiger partial charge in [-0.25, -0.2) is 4.98 Å². The average molecular weight is 163 g/mol. The summed E-state index contributed by atoms with van der Waals surface area (Å²) >= 11 is 0. The molecule has 0 radical (unpaired) electrons. The maximum atomic E-state index is 11.1. The van der Waals surface area contributed by atoms with Gasteiger partial charge in [0.15, 0.2) is 0 Å². The summed E-state index contributed by atoms with van der Waals surface area (Å²) in [6, 6.07) is 2.60. The van der Waals surface area contributed by atoms with Crippen LogP contribution in [0.25, 0.3) is 5.78 Å². The number of H-pyrrole nitrogens is 1. The molecule has 60 valence electrons. The number of rotatable bonds is 0. The van der Waals surface area contributed by atoms with E-state index in [-0.39, 0.29) is 16.9 Å². The standard InChI is InChI=1S/C7H5N3O2/c11-5-2-4-10-6(12)1-3-8-7(10)9-5/h1-4H,(H,8,9,11). The third-order valence-electron chi connectivity index (χ3n) is 1.49. The van der Waals surface area contributed by atoms with Crippen molar-refractivity contribution in [2.24, 2.45) is 0 Å². The number of fused-ring (bicyclic) bond motifs is 1. The first-order valence-electron chi connectivity index (χ1n) is 3.34. The predicted molar refractivity (Wildman–Crippen MR) is 42.1 cm³/mol. The third kappa shape index (κ3) is 0.914. The van der Waals surface area contributed by atoms with Crippen molar-refractivity contribution >= 4 is 5.78 Å². The number of aromatic nitrogens is 3.